The van der Waals surface area contributed by atoms with Crippen molar-refractivity contribution >= 4 is 9.84 Å². The van der Waals surface area contributed by atoms with Gasteiger partial charge in [0.15, 0.2) is 9.84 Å². The van der Waals surface area contributed by atoms with Gasteiger partial charge in [-0.1, -0.05) is 20.8 Å². The molecule has 0 bridgehead atoms. The highest BCUT2D eigenvalue weighted by Crippen LogP contribution is 2.27. The summed E-state index contributed by atoms with van der Waals surface area (Å²) >= 11 is 0. The van der Waals surface area contributed by atoms with Gasteiger partial charge in [0.1, 0.15) is 0 Å². The van der Waals surface area contributed by atoms with Crippen LogP contribution >= 0.6 is 0 Å². The monoisotopic (exact) mass is 313 g/mol. The second kappa shape index (κ2) is 6.92. The molecule has 1 unspecified atom stereocenters. The number of nitrogens with one attached hydrogen (secondary N) is 1. The van der Waals surface area contributed by atoms with Crippen LogP contribution in [0, 0.1) is 0 Å². The van der Waals surface area contributed by atoms with Gasteiger partial charge in [-0.25, -0.2) is 8.42 Å². The molecule has 1 fully saturated rings. The zero-order valence-electron chi connectivity index (χ0n) is 13.4. The lowest BCUT2D eigenvalue weighted by molar-refractivity contribution is 0.477. The first-order valence-electron chi connectivity index (χ1n) is 8.02. The summed E-state index contributed by atoms with van der Waals surface area (Å²) in [5.41, 5.74) is 3.59. The second-order valence-corrected chi connectivity index (χ2v) is 7.99. The van der Waals surface area contributed by atoms with E-state index in [1.165, 1.54) is 11.3 Å². The number of hydrogen-bond acceptors (Lipinski definition) is 4. The number of sulfone groups is 1. The number of aromatic nitrogens is 2. The molecular weight excluding hydrogens is 286 g/mol. The standard InChI is InChI=1S/C15H27N3O2S/c1-4-8-16-10-13-14(5-2)17-18(15(13)6-3)12-7-9-21(19,20)11-12/h12,16H,4-11H2,1-3H3. The Morgan fingerprint density at radius 3 is 2.57 bits per heavy atom. The van der Waals surface area contributed by atoms with Crippen LogP contribution in [0.2, 0.25) is 0 Å². The van der Waals surface area contributed by atoms with Crippen molar-refractivity contribution in [2.75, 3.05) is 18.1 Å². The molecule has 0 aliphatic carbocycles. The molecule has 6 heteroatoms. The summed E-state index contributed by atoms with van der Waals surface area (Å²) in [6.07, 6.45) is 3.59. The summed E-state index contributed by atoms with van der Waals surface area (Å²) in [4.78, 5) is 0. The summed E-state index contributed by atoms with van der Waals surface area (Å²) in [5, 5.41) is 8.19. The third kappa shape index (κ3) is 3.66. The maximum Gasteiger partial charge on any atom is 0.152 e. The van der Waals surface area contributed by atoms with Gasteiger partial charge in [0, 0.05) is 17.8 Å². The highest BCUT2D eigenvalue weighted by atomic mass is 32.2. The Balaban J connectivity index is 2.29. The van der Waals surface area contributed by atoms with Gasteiger partial charge in [-0.2, -0.15) is 5.10 Å². The Kier molecular flexibility index (Phi) is 5.43. The summed E-state index contributed by atoms with van der Waals surface area (Å²) in [6, 6.07) is 0.0233. The summed E-state index contributed by atoms with van der Waals surface area (Å²) in [5.74, 6) is 0.540. The normalized spacial score (nSPS) is 21.0. The smallest absolute Gasteiger partial charge is 0.152 e. The molecule has 1 atom stereocenters. The molecule has 1 aromatic heterocycles. The Morgan fingerprint density at radius 1 is 1.29 bits per heavy atom. The SMILES string of the molecule is CCCNCc1c(CC)nn(C2CCS(=O)(=O)C2)c1CC. The molecule has 0 amide bonds. The van der Waals surface area contributed by atoms with E-state index in [1.54, 1.807) is 0 Å². The summed E-state index contributed by atoms with van der Waals surface area (Å²) in [7, 11) is -2.88. The Morgan fingerprint density at radius 2 is 2.05 bits per heavy atom. The van der Waals surface area contributed by atoms with Crippen LogP contribution in [0.25, 0.3) is 0 Å². The van der Waals surface area contributed by atoms with Crippen LogP contribution in [0.4, 0.5) is 0 Å². The van der Waals surface area contributed by atoms with Gasteiger partial charge < -0.3 is 5.32 Å². The van der Waals surface area contributed by atoms with Crippen LogP contribution in [-0.4, -0.2) is 36.2 Å². The third-order valence-corrected chi connectivity index (χ3v) is 5.90. The van der Waals surface area contributed by atoms with Gasteiger partial charge in [0.25, 0.3) is 0 Å². The fourth-order valence-corrected chi connectivity index (χ4v) is 4.77. The molecule has 0 saturated carbocycles. The Hall–Kier alpha value is -0.880. The van der Waals surface area contributed by atoms with Crippen molar-refractivity contribution in [2.24, 2.45) is 0 Å². The van der Waals surface area contributed by atoms with Gasteiger partial charge in [0.2, 0.25) is 0 Å². The zero-order chi connectivity index (χ0) is 15.5. The van der Waals surface area contributed by atoms with E-state index < -0.39 is 9.84 Å². The first-order valence-corrected chi connectivity index (χ1v) is 9.84. The van der Waals surface area contributed by atoms with Crippen LogP contribution in [0.1, 0.15) is 56.6 Å². The second-order valence-electron chi connectivity index (χ2n) is 5.76. The highest BCUT2D eigenvalue weighted by Gasteiger charge is 2.32. The number of hydrogen-bond donors (Lipinski definition) is 1. The molecule has 1 aromatic rings. The summed E-state index contributed by atoms with van der Waals surface area (Å²) in [6.45, 7) is 8.22. The highest BCUT2D eigenvalue weighted by molar-refractivity contribution is 7.91. The molecule has 2 rings (SSSR count). The molecule has 0 spiro atoms. The average molecular weight is 313 g/mol. The number of nitrogens with zero attached hydrogens (tertiary/aromatic N) is 2. The number of rotatable bonds is 7. The van der Waals surface area contributed by atoms with E-state index >= 15 is 0 Å². The van der Waals surface area contributed by atoms with E-state index in [1.807, 2.05) is 4.68 Å². The van der Waals surface area contributed by atoms with Crippen molar-refractivity contribution < 1.29 is 8.42 Å². The minimum absolute atomic E-state index is 0.0233. The fourth-order valence-electron chi connectivity index (χ4n) is 3.08. The lowest BCUT2D eigenvalue weighted by atomic mass is 10.1. The van der Waals surface area contributed by atoms with E-state index in [-0.39, 0.29) is 11.8 Å². The van der Waals surface area contributed by atoms with Crippen LogP contribution in [0.5, 0.6) is 0 Å². The first-order chi connectivity index (χ1) is 10.0. The average Bonchev–Trinajstić information content (AvgIpc) is 2.98. The van der Waals surface area contributed by atoms with Crippen molar-refractivity contribution in [2.45, 2.75) is 59.0 Å². The molecule has 5 nitrogen and oxygen atoms in total. The molecule has 120 valence electrons. The third-order valence-electron chi connectivity index (χ3n) is 4.15. The van der Waals surface area contributed by atoms with Crippen LogP contribution < -0.4 is 5.32 Å². The van der Waals surface area contributed by atoms with E-state index in [0.717, 1.165) is 38.0 Å². The molecule has 2 heterocycles. The van der Waals surface area contributed by atoms with Crippen molar-refractivity contribution in [3.05, 3.63) is 17.0 Å². The van der Waals surface area contributed by atoms with Crippen LogP contribution in [0.15, 0.2) is 0 Å². The quantitative estimate of drug-likeness (QED) is 0.781. The van der Waals surface area contributed by atoms with Gasteiger partial charge in [-0.15, -0.1) is 0 Å². The molecule has 1 aliphatic heterocycles. The van der Waals surface area contributed by atoms with E-state index in [9.17, 15) is 8.42 Å². The molecular formula is C15H27N3O2S. The summed E-state index contributed by atoms with van der Waals surface area (Å²) < 4.78 is 25.5. The van der Waals surface area contributed by atoms with Crippen molar-refractivity contribution in [3.8, 4) is 0 Å². The molecule has 1 saturated heterocycles. The topological polar surface area (TPSA) is 64.0 Å². The predicted molar refractivity (Wildman–Crippen MR) is 85.3 cm³/mol. The van der Waals surface area contributed by atoms with Gasteiger partial charge in [-0.05, 0) is 32.2 Å². The molecule has 1 N–H and O–H groups in total. The van der Waals surface area contributed by atoms with Crippen molar-refractivity contribution in [1.29, 1.82) is 0 Å². The van der Waals surface area contributed by atoms with E-state index in [4.69, 9.17) is 5.10 Å². The lowest BCUT2D eigenvalue weighted by Gasteiger charge is -2.13. The maximum atomic E-state index is 11.7. The zero-order valence-corrected chi connectivity index (χ0v) is 14.2. The van der Waals surface area contributed by atoms with Crippen LogP contribution in [-0.2, 0) is 29.2 Å². The van der Waals surface area contributed by atoms with Gasteiger partial charge in [0.05, 0.1) is 23.2 Å². The van der Waals surface area contributed by atoms with E-state index in [0.29, 0.717) is 12.2 Å². The molecule has 0 radical (unpaired) electrons. The van der Waals surface area contributed by atoms with Crippen molar-refractivity contribution in [3.63, 3.8) is 0 Å². The van der Waals surface area contributed by atoms with E-state index in [2.05, 4.69) is 26.1 Å². The van der Waals surface area contributed by atoms with Crippen molar-refractivity contribution in [1.82, 2.24) is 15.1 Å². The lowest BCUT2D eigenvalue weighted by Crippen LogP contribution is -2.18. The van der Waals surface area contributed by atoms with Gasteiger partial charge >= 0.3 is 0 Å². The fraction of sp³-hybridized carbons (Fsp3) is 0.800. The number of aryl methyl sites for hydroxylation is 1. The minimum Gasteiger partial charge on any atom is -0.313 e. The molecule has 1 aliphatic rings. The largest absolute Gasteiger partial charge is 0.313 e. The Labute approximate surface area is 128 Å². The first kappa shape index (κ1) is 16.5. The maximum absolute atomic E-state index is 11.7. The molecule has 21 heavy (non-hydrogen) atoms. The molecule has 0 aromatic carbocycles. The Bertz CT molecular complexity index is 578. The van der Waals surface area contributed by atoms with Crippen LogP contribution in [0.3, 0.4) is 0 Å². The minimum atomic E-state index is -2.88. The predicted octanol–water partition coefficient (Wildman–Crippen LogP) is 1.87. The van der Waals surface area contributed by atoms with Gasteiger partial charge in [-0.3, -0.25) is 4.68 Å².